The second-order valence-corrected chi connectivity index (χ2v) is 34.2. The molecule has 2 saturated heterocycles. The number of rotatable bonds is 74. The molecule has 0 aromatic heterocycles. The van der Waals surface area contributed by atoms with Crippen molar-refractivity contribution in [1.82, 2.24) is 0 Å². The topological polar surface area (TPSA) is 380 Å². The second-order valence-electron chi connectivity index (χ2n) is 32.8. The molecular weight excluding hydrogens is 1520 g/mol. The number of aliphatic hydroxyl groups excluding tert-OH is 9. The van der Waals surface area contributed by atoms with Crippen molar-refractivity contribution in [3.8, 4) is 0 Å². The molecular formula is C91H163O25P. The first-order chi connectivity index (χ1) is 56.7. The molecule has 3 rings (SSSR count). The van der Waals surface area contributed by atoms with E-state index in [2.05, 4.69) is 76.3 Å². The normalized spacial score (nSPS) is 25.2. The summed E-state index contributed by atoms with van der Waals surface area (Å²) in [6.07, 6.45) is 32.5. The lowest BCUT2D eigenvalue weighted by molar-refractivity contribution is -0.360. The quantitative estimate of drug-likeness (QED) is 0.00889. The maximum absolute atomic E-state index is 14.9. The van der Waals surface area contributed by atoms with Gasteiger partial charge >= 0.3 is 31.7 Å². The Balaban J connectivity index is 1.93. The number of aliphatic hydroxyl groups is 9. The van der Waals surface area contributed by atoms with Crippen LogP contribution in [0.15, 0.2) is 48.6 Å². The zero-order chi connectivity index (χ0) is 85.4. The first kappa shape index (κ1) is 108. The molecule has 0 aromatic rings. The predicted molar refractivity (Wildman–Crippen MR) is 453 cm³/mol. The average molecular weight is 1690 g/mol. The fourth-order valence-electron chi connectivity index (χ4n) is 14.8. The van der Waals surface area contributed by atoms with Gasteiger partial charge < -0.3 is 88.7 Å². The SMILES string of the molecule is CCCCCC/C=C\CCCCCCCCCC(=O)OCC1OC(OC2C(OC(=O)CCCCCCCCC/C=C\CCCCCC)C(O)C(O)C(OC3OC(CO)C(O)C(O)C3O)C2OP(=O)(O)OCC(COC(=O)CCCCC/C=C\CCCCCCCC)OC(=O)CCCCCCCCC/C=C\CCCCCC)C(O)C(O)C1O. The van der Waals surface area contributed by atoms with Crippen molar-refractivity contribution in [2.75, 3.05) is 26.4 Å². The van der Waals surface area contributed by atoms with Gasteiger partial charge in [0.05, 0.1) is 13.2 Å². The van der Waals surface area contributed by atoms with Gasteiger partial charge in [0.2, 0.25) is 0 Å². The van der Waals surface area contributed by atoms with Crippen LogP contribution < -0.4 is 0 Å². The summed E-state index contributed by atoms with van der Waals surface area (Å²) in [6.45, 7) is 5.51. The molecule has 18 unspecified atom stereocenters. The molecule has 0 spiro atoms. The van der Waals surface area contributed by atoms with Gasteiger partial charge in [-0.1, -0.05) is 269 Å². The molecule has 0 radical (unpaired) electrons. The lowest BCUT2D eigenvalue weighted by Crippen LogP contribution is -2.70. The maximum atomic E-state index is 14.9. The Morgan fingerprint density at radius 2 is 0.641 bits per heavy atom. The summed E-state index contributed by atoms with van der Waals surface area (Å²) in [6, 6.07) is 0. The van der Waals surface area contributed by atoms with Gasteiger partial charge in [-0.25, -0.2) is 4.57 Å². The lowest BCUT2D eigenvalue weighted by atomic mass is 9.84. The highest BCUT2D eigenvalue weighted by molar-refractivity contribution is 7.47. The summed E-state index contributed by atoms with van der Waals surface area (Å²) in [5.41, 5.74) is 0. The van der Waals surface area contributed by atoms with E-state index in [9.17, 15) is 74.6 Å². The number of carbonyl (C=O) groups is 4. The van der Waals surface area contributed by atoms with Crippen LogP contribution in [0, 0.1) is 0 Å². The maximum Gasteiger partial charge on any atom is 0.472 e. The average Bonchev–Trinajstić information content (AvgIpc) is 0.754. The minimum atomic E-state index is -5.82. The van der Waals surface area contributed by atoms with Crippen LogP contribution in [0.4, 0.5) is 0 Å². The molecule has 0 bridgehead atoms. The molecule has 10 N–H and O–H groups in total. The number of esters is 4. The third kappa shape index (κ3) is 50.1. The van der Waals surface area contributed by atoms with Crippen LogP contribution >= 0.6 is 7.82 Å². The molecule has 3 fully saturated rings. The van der Waals surface area contributed by atoms with Crippen molar-refractivity contribution >= 4 is 31.7 Å². The van der Waals surface area contributed by atoms with Crippen LogP contribution in [0.5, 0.6) is 0 Å². The third-order valence-electron chi connectivity index (χ3n) is 22.2. The summed E-state index contributed by atoms with van der Waals surface area (Å²) in [5.74, 6) is -3.01. The Kier molecular flexibility index (Phi) is 64.2. The molecule has 18 atom stereocenters. The van der Waals surface area contributed by atoms with Crippen LogP contribution in [0.3, 0.4) is 0 Å². The minimum Gasteiger partial charge on any atom is -0.463 e. The highest BCUT2D eigenvalue weighted by Gasteiger charge is 2.60. The molecule has 26 heteroatoms. The number of phosphoric ester groups is 1. The zero-order valence-electron chi connectivity index (χ0n) is 72.5. The summed E-state index contributed by atoms with van der Waals surface area (Å²) >= 11 is 0. The zero-order valence-corrected chi connectivity index (χ0v) is 73.4. The van der Waals surface area contributed by atoms with Crippen LogP contribution in [0.2, 0.25) is 0 Å². The molecule has 2 aliphatic heterocycles. The molecule has 2 heterocycles. The van der Waals surface area contributed by atoms with E-state index in [-0.39, 0.29) is 25.7 Å². The van der Waals surface area contributed by atoms with Gasteiger partial charge in [-0.15, -0.1) is 0 Å². The van der Waals surface area contributed by atoms with Gasteiger partial charge in [0, 0.05) is 25.7 Å². The standard InChI is InChI=1S/C91H163O25P/c1-5-9-13-17-21-25-29-33-36-40-44-48-52-56-60-64-75(94)108-70-73-79(98)81(100)85(104)91(112-73)115-88-86(113-77(96)66-62-58-54-50-46-42-38-35-31-27-23-19-15-11-7-3)82(101)83(102)87(114-90-84(103)80(99)78(97)72(67-92)111-90)89(88)116-117(105,106)109-69-71(68-107-74(93)63-59-55-51-47-43-39-32-28-24-20-16-12-8-4)110-76(95)65-61-57-53-49-45-41-37-34-30-26-22-18-14-10-6-2/h25-27,29-31,39,43,71-73,78-92,97-104H,5-24,28,32-38,40-42,44-70H2,1-4H3,(H,105,106)/b29-25-,30-26-,31-27-,43-39-. The lowest BCUT2D eigenvalue weighted by Gasteiger charge is -2.50. The van der Waals surface area contributed by atoms with E-state index in [1.54, 1.807) is 0 Å². The van der Waals surface area contributed by atoms with Gasteiger partial charge in [0.15, 0.2) is 24.8 Å². The fraction of sp³-hybridized carbons (Fsp3) is 0.868. The van der Waals surface area contributed by atoms with Gasteiger partial charge in [0.1, 0.15) is 92.6 Å². The van der Waals surface area contributed by atoms with Gasteiger partial charge in [0.25, 0.3) is 0 Å². The molecule has 0 amide bonds. The van der Waals surface area contributed by atoms with Gasteiger partial charge in [-0.2, -0.15) is 0 Å². The molecule has 25 nitrogen and oxygen atoms in total. The largest absolute Gasteiger partial charge is 0.472 e. The number of unbranched alkanes of at least 4 members (excludes halogenated alkanes) is 42. The molecule has 1 saturated carbocycles. The number of hydrogen-bond donors (Lipinski definition) is 10. The van der Waals surface area contributed by atoms with Crippen molar-refractivity contribution in [2.45, 2.75) is 479 Å². The predicted octanol–water partition coefficient (Wildman–Crippen LogP) is 16.9. The molecule has 117 heavy (non-hydrogen) atoms. The van der Waals surface area contributed by atoms with E-state index in [1.807, 2.05) is 0 Å². The Hall–Kier alpha value is -3.57. The van der Waals surface area contributed by atoms with E-state index in [0.717, 1.165) is 173 Å². The van der Waals surface area contributed by atoms with E-state index >= 15 is 0 Å². The van der Waals surface area contributed by atoms with E-state index < -0.39 is 162 Å². The first-order valence-electron chi connectivity index (χ1n) is 46.4. The Morgan fingerprint density at radius 3 is 1.03 bits per heavy atom. The molecule has 682 valence electrons. The fourth-order valence-corrected chi connectivity index (χ4v) is 15.8. The van der Waals surface area contributed by atoms with E-state index in [1.165, 1.54) is 109 Å². The number of carbonyl (C=O) groups excluding carboxylic acids is 4. The summed E-state index contributed by atoms with van der Waals surface area (Å²) in [5, 5.41) is 102. The number of allylic oxidation sites excluding steroid dienone is 8. The van der Waals surface area contributed by atoms with E-state index in [0.29, 0.717) is 38.5 Å². The molecule has 0 aromatic carbocycles. The molecule has 1 aliphatic carbocycles. The number of ether oxygens (including phenoxy) is 8. The smallest absolute Gasteiger partial charge is 0.463 e. The Bertz CT molecular complexity index is 2630. The van der Waals surface area contributed by atoms with Crippen LogP contribution in [-0.4, -0.2) is 205 Å². The van der Waals surface area contributed by atoms with Gasteiger partial charge in [-0.05, 0) is 128 Å². The van der Waals surface area contributed by atoms with Crippen LogP contribution in [0.25, 0.3) is 0 Å². The number of hydrogen-bond acceptors (Lipinski definition) is 24. The Morgan fingerprint density at radius 1 is 0.333 bits per heavy atom. The highest BCUT2D eigenvalue weighted by Crippen LogP contribution is 2.49. The number of phosphoric acid groups is 1. The van der Waals surface area contributed by atoms with Crippen molar-refractivity contribution in [3.63, 3.8) is 0 Å². The van der Waals surface area contributed by atoms with Crippen LogP contribution in [0.1, 0.15) is 374 Å². The van der Waals surface area contributed by atoms with E-state index in [4.69, 9.17) is 46.9 Å². The summed E-state index contributed by atoms with van der Waals surface area (Å²) < 4.78 is 73.3. The molecule has 3 aliphatic rings. The third-order valence-corrected chi connectivity index (χ3v) is 23.2. The van der Waals surface area contributed by atoms with Crippen molar-refractivity contribution in [2.24, 2.45) is 0 Å². The minimum absolute atomic E-state index is 0.00622. The van der Waals surface area contributed by atoms with Crippen molar-refractivity contribution in [3.05, 3.63) is 48.6 Å². The van der Waals surface area contributed by atoms with Crippen molar-refractivity contribution < 1.29 is 122 Å². The summed E-state index contributed by atoms with van der Waals surface area (Å²) in [4.78, 5) is 66.4. The van der Waals surface area contributed by atoms with Gasteiger partial charge in [-0.3, -0.25) is 28.2 Å². The van der Waals surface area contributed by atoms with Crippen molar-refractivity contribution in [1.29, 1.82) is 0 Å². The Labute approximate surface area is 703 Å². The monoisotopic (exact) mass is 1690 g/mol. The van der Waals surface area contributed by atoms with Crippen LogP contribution in [-0.2, 0) is 70.7 Å². The highest BCUT2D eigenvalue weighted by atomic mass is 31.2. The first-order valence-corrected chi connectivity index (χ1v) is 47.9. The summed E-state index contributed by atoms with van der Waals surface area (Å²) in [7, 11) is -5.82. The second kappa shape index (κ2) is 69.8.